The second-order valence-corrected chi connectivity index (χ2v) is 7.21. The molecule has 1 heterocycles. The van der Waals surface area contributed by atoms with Crippen LogP contribution in [0.3, 0.4) is 0 Å². The van der Waals surface area contributed by atoms with Gasteiger partial charge in [0, 0.05) is 19.9 Å². The molecule has 0 saturated carbocycles. The smallest absolute Gasteiger partial charge is 0.214 e. The average Bonchev–Trinajstić information content (AvgIpc) is 2.83. The van der Waals surface area contributed by atoms with Gasteiger partial charge in [-0.05, 0) is 32.0 Å². The Morgan fingerprint density at radius 2 is 1.26 bits per heavy atom. The zero-order chi connectivity index (χ0) is 23.2. The van der Waals surface area contributed by atoms with Gasteiger partial charge in [-0.25, -0.2) is 18.6 Å². The van der Waals surface area contributed by atoms with Crippen LogP contribution in [0.2, 0.25) is 0 Å². The van der Waals surface area contributed by atoms with E-state index in [4.69, 9.17) is 32.8 Å². The van der Waals surface area contributed by atoms with E-state index in [9.17, 15) is 0 Å². The molecule has 0 unspecified atom stereocenters. The minimum atomic E-state index is -4.94. The molecular weight excluding hydrogens is 426 g/mol. The first-order chi connectivity index (χ1) is 14.6. The first-order valence-electron chi connectivity index (χ1n) is 9.62. The molecule has 0 aromatic heterocycles. The zero-order valence-electron chi connectivity index (χ0n) is 18.1. The van der Waals surface area contributed by atoms with Crippen molar-refractivity contribution < 1.29 is 47.7 Å². The maximum Gasteiger partial charge on any atom is 0.214 e. The molecule has 1 aromatic rings. The van der Waals surface area contributed by atoms with E-state index in [1.165, 1.54) is 0 Å². The molecule has 1 aliphatic heterocycles. The predicted octanol–water partition coefficient (Wildman–Crippen LogP) is -0.265. The van der Waals surface area contributed by atoms with E-state index in [0.717, 1.165) is 45.5 Å². The highest BCUT2D eigenvalue weighted by Gasteiger charge is 2.33. The van der Waals surface area contributed by atoms with Gasteiger partial charge in [-0.2, -0.15) is 4.57 Å². The summed E-state index contributed by atoms with van der Waals surface area (Å²) in [6.07, 6.45) is 0. The second kappa shape index (κ2) is 10.6. The number of hydrogen-bond acceptors (Lipinski definition) is 7. The fourth-order valence-electron chi connectivity index (χ4n) is 3.52. The summed E-state index contributed by atoms with van der Waals surface area (Å²) in [7, 11) is -3.26. The largest absolute Gasteiger partial charge is 0.497 e. The first kappa shape index (κ1) is 24.6. The number of aromatic nitrogens is 1. The summed E-state index contributed by atoms with van der Waals surface area (Å²) in [4.78, 5) is 0. The highest BCUT2D eigenvalue weighted by Crippen LogP contribution is 2.42. The summed E-state index contributed by atoms with van der Waals surface area (Å²) in [5.41, 5.74) is 5.46. The van der Waals surface area contributed by atoms with E-state index in [1.54, 1.807) is 7.11 Å². The maximum atomic E-state index is 8.49. The van der Waals surface area contributed by atoms with Crippen molar-refractivity contribution in [3.05, 3.63) is 53.9 Å². The van der Waals surface area contributed by atoms with Crippen LogP contribution in [0, 0.1) is 24.1 Å². The van der Waals surface area contributed by atoms with Gasteiger partial charge in [0.25, 0.3) is 0 Å². The first-order valence-corrected chi connectivity index (χ1v) is 10.9. The molecule has 0 amide bonds. The highest BCUT2D eigenvalue weighted by molar-refractivity contribution is 5.80. The molecule has 1 aromatic carbocycles. The van der Waals surface area contributed by atoms with E-state index in [-0.39, 0.29) is 0 Å². The van der Waals surface area contributed by atoms with Crippen LogP contribution in [-0.4, -0.2) is 20.3 Å². The quantitative estimate of drug-likeness (QED) is 0.472. The fraction of sp³-hybridized carbons (Fsp3) is 0.318. The molecule has 0 spiro atoms. The van der Waals surface area contributed by atoms with Crippen molar-refractivity contribution in [2.24, 2.45) is 0 Å². The van der Waals surface area contributed by atoms with Crippen molar-refractivity contribution >= 4 is 0 Å². The van der Waals surface area contributed by atoms with Crippen LogP contribution in [0.25, 0.3) is 16.8 Å². The Labute approximate surface area is 183 Å². The minimum Gasteiger partial charge on any atom is -0.497 e. The van der Waals surface area contributed by atoms with Gasteiger partial charge in [0.1, 0.15) is 28.4 Å². The van der Waals surface area contributed by atoms with Gasteiger partial charge < -0.3 is 14.2 Å². The van der Waals surface area contributed by atoms with Gasteiger partial charge in [0.15, 0.2) is 11.4 Å². The van der Waals surface area contributed by atoms with Crippen molar-refractivity contribution in [2.45, 2.75) is 27.7 Å². The van der Waals surface area contributed by atoms with Gasteiger partial charge in [-0.15, -0.1) is 10.2 Å². The van der Waals surface area contributed by atoms with Crippen LogP contribution >= 0.6 is 0 Å². The number of rotatable bonds is 6. The molecule has 0 fully saturated rings. The van der Waals surface area contributed by atoms with Crippen LogP contribution in [0.4, 0.5) is 0 Å². The number of ether oxygens (including phenoxy) is 3. The molecule has 0 radical (unpaired) electrons. The van der Waals surface area contributed by atoms with Gasteiger partial charge in [0.2, 0.25) is 5.69 Å². The zero-order valence-corrected chi connectivity index (χ0v) is 18.9. The van der Waals surface area contributed by atoms with Crippen molar-refractivity contribution in [2.75, 3.05) is 20.3 Å². The summed E-state index contributed by atoms with van der Waals surface area (Å²) < 4.78 is 53.5. The van der Waals surface area contributed by atoms with Gasteiger partial charge >= 0.3 is 0 Å². The molecular formula is C22H26ClNO7. The summed E-state index contributed by atoms with van der Waals surface area (Å²) in [5.74, 6) is 2.58. The lowest BCUT2D eigenvalue weighted by molar-refractivity contribution is -2.00. The molecule has 8 nitrogen and oxygen atoms in total. The van der Waals surface area contributed by atoms with E-state index in [1.807, 2.05) is 50.2 Å². The van der Waals surface area contributed by atoms with Gasteiger partial charge in [0.05, 0.1) is 26.4 Å². The average molecular weight is 452 g/mol. The minimum absolute atomic E-state index is 0.617. The Morgan fingerprint density at radius 1 is 0.806 bits per heavy atom. The van der Waals surface area contributed by atoms with Crippen molar-refractivity contribution in [1.82, 2.24) is 0 Å². The lowest BCUT2D eigenvalue weighted by atomic mass is 10.1. The van der Waals surface area contributed by atoms with Crippen LogP contribution in [-0.2, 0) is 0 Å². The van der Waals surface area contributed by atoms with Crippen LogP contribution in [0.15, 0.2) is 42.5 Å². The molecule has 3 rings (SSSR count). The monoisotopic (exact) mass is 451 g/mol. The van der Waals surface area contributed by atoms with Gasteiger partial charge in [-0.1, -0.05) is 12.1 Å². The number of hydrogen-bond donors (Lipinski definition) is 0. The molecule has 1 aliphatic carbocycles. The molecule has 168 valence electrons. The summed E-state index contributed by atoms with van der Waals surface area (Å²) in [6, 6.07) is 14.1. The Morgan fingerprint density at radius 3 is 1.68 bits per heavy atom. The predicted molar refractivity (Wildman–Crippen MR) is 103 cm³/mol. The number of benzene rings is 1. The Bertz CT molecular complexity index is 936. The Balaban J connectivity index is 0.000000614. The molecule has 0 atom stereocenters. The third-order valence-electron chi connectivity index (χ3n) is 4.54. The summed E-state index contributed by atoms with van der Waals surface area (Å²) in [6.45, 7) is 9.48. The maximum absolute atomic E-state index is 8.49. The third kappa shape index (κ3) is 6.19. The molecule has 2 aliphatic rings. The van der Waals surface area contributed by atoms with E-state index in [0.29, 0.717) is 13.2 Å². The fourth-order valence-corrected chi connectivity index (χ4v) is 3.52. The number of fused-ring (bicyclic) bond motifs is 1. The summed E-state index contributed by atoms with van der Waals surface area (Å²) in [5, 5.41) is 0. The van der Waals surface area contributed by atoms with E-state index >= 15 is 0 Å². The highest BCUT2D eigenvalue weighted by atomic mass is 35.7. The number of methoxy groups -OCH3 is 1. The molecule has 0 N–H and O–H groups in total. The van der Waals surface area contributed by atoms with Crippen LogP contribution < -0.4 is 37.4 Å². The normalized spacial score (nSPS) is 11.0. The Hall–Kier alpha value is -2.62. The standard InChI is InChI=1S/C22H26NO3.ClHO4/c1-6-25-19-12-9-13-20(26-7-2)22-16(4)23(15(3)21(19)22)17-10-8-11-18(14-17)24-5;2-1(3,4)5/h8-14H,6-7H2,1-5H3;(H,2,3,4,5)/q+1;/p-1. The van der Waals surface area contributed by atoms with Crippen LogP contribution in [0.5, 0.6) is 17.2 Å². The SMILES string of the molecule is CCOc1cccc(OCC)c2c(C)[n+](-c3cccc(OC)c3)c(C)c1-2.[O-][Cl+3]([O-])([O-])[O-]. The second-order valence-electron chi connectivity index (χ2n) is 6.46. The van der Waals surface area contributed by atoms with Crippen molar-refractivity contribution in [1.29, 1.82) is 0 Å². The topological polar surface area (TPSA) is 124 Å². The van der Waals surface area contributed by atoms with Crippen LogP contribution in [0.1, 0.15) is 25.2 Å². The third-order valence-corrected chi connectivity index (χ3v) is 4.54. The Kier molecular flexibility index (Phi) is 8.43. The summed E-state index contributed by atoms with van der Waals surface area (Å²) >= 11 is 0. The molecule has 9 heteroatoms. The number of nitrogens with zero attached hydrogens (tertiary/aromatic N) is 1. The van der Waals surface area contributed by atoms with E-state index in [2.05, 4.69) is 24.5 Å². The molecule has 0 bridgehead atoms. The van der Waals surface area contributed by atoms with Crippen molar-refractivity contribution in [3.63, 3.8) is 0 Å². The van der Waals surface area contributed by atoms with Gasteiger partial charge in [-0.3, -0.25) is 0 Å². The number of halogens is 1. The molecule has 0 saturated heterocycles. The van der Waals surface area contributed by atoms with E-state index < -0.39 is 10.2 Å². The molecule has 31 heavy (non-hydrogen) atoms. The lowest BCUT2D eigenvalue weighted by Crippen LogP contribution is -2.68. The lowest BCUT2D eigenvalue weighted by Gasteiger charge is -2.17. The van der Waals surface area contributed by atoms with Crippen molar-refractivity contribution in [3.8, 4) is 34.1 Å².